The molecule has 0 radical (unpaired) electrons. The van der Waals surface area contributed by atoms with E-state index in [1.165, 1.54) is 18.2 Å². The van der Waals surface area contributed by atoms with Gasteiger partial charge in [-0.25, -0.2) is 9.37 Å². The van der Waals surface area contributed by atoms with E-state index in [4.69, 9.17) is 16.0 Å². The molecule has 0 spiro atoms. The van der Waals surface area contributed by atoms with Gasteiger partial charge in [-0.15, -0.1) is 0 Å². The van der Waals surface area contributed by atoms with Crippen LogP contribution in [0, 0.1) is 12.7 Å². The smallest absolute Gasteiger partial charge is 0.228 e. The summed E-state index contributed by atoms with van der Waals surface area (Å²) in [7, 11) is 0. The Bertz CT molecular complexity index is 860. The maximum Gasteiger partial charge on any atom is 0.228 e. The number of carbonyl (C=O) groups excluding carboxylic acids is 1. The number of aromatic nitrogens is 1. The molecule has 0 fully saturated rings. The van der Waals surface area contributed by atoms with Gasteiger partial charge in [-0.05, 0) is 35.9 Å². The molecule has 3 aromatic rings. The molecular formula is C16H12ClFN2O2. The largest absolute Gasteiger partial charge is 0.441 e. The maximum atomic E-state index is 13.1. The molecule has 0 bridgehead atoms. The Morgan fingerprint density at radius 3 is 2.91 bits per heavy atom. The lowest BCUT2D eigenvalue weighted by molar-refractivity contribution is -0.115. The summed E-state index contributed by atoms with van der Waals surface area (Å²) < 4.78 is 18.5. The first-order chi connectivity index (χ1) is 10.5. The molecule has 4 nitrogen and oxygen atoms in total. The van der Waals surface area contributed by atoms with Crippen LogP contribution < -0.4 is 5.32 Å². The lowest BCUT2D eigenvalue weighted by Crippen LogP contribution is -2.14. The summed E-state index contributed by atoms with van der Waals surface area (Å²) in [6, 6.07) is 9.45. The summed E-state index contributed by atoms with van der Waals surface area (Å²) in [6.45, 7) is 1.77. The maximum absolute atomic E-state index is 13.1. The van der Waals surface area contributed by atoms with E-state index in [9.17, 15) is 9.18 Å². The first-order valence-electron chi connectivity index (χ1n) is 6.62. The third-order valence-corrected chi connectivity index (χ3v) is 3.42. The number of hydrogen-bond donors (Lipinski definition) is 1. The fourth-order valence-electron chi connectivity index (χ4n) is 2.16. The SMILES string of the molecule is Cc1nc2cc(CC(=O)Nc3ccc(F)c(Cl)c3)ccc2o1. The van der Waals surface area contributed by atoms with Crippen molar-refractivity contribution in [3.63, 3.8) is 0 Å². The number of benzene rings is 2. The zero-order valence-corrected chi connectivity index (χ0v) is 12.4. The highest BCUT2D eigenvalue weighted by atomic mass is 35.5. The zero-order chi connectivity index (χ0) is 15.7. The van der Waals surface area contributed by atoms with E-state index < -0.39 is 5.82 Å². The summed E-state index contributed by atoms with van der Waals surface area (Å²) >= 11 is 5.68. The van der Waals surface area contributed by atoms with E-state index >= 15 is 0 Å². The van der Waals surface area contributed by atoms with Crippen LogP contribution in [0.25, 0.3) is 11.1 Å². The summed E-state index contributed by atoms with van der Waals surface area (Å²) in [4.78, 5) is 16.3. The van der Waals surface area contributed by atoms with Crippen molar-refractivity contribution in [2.45, 2.75) is 13.3 Å². The normalized spacial score (nSPS) is 10.9. The van der Waals surface area contributed by atoms with Crippen LogP contribution in [0.3, 0.4) is 0 Å². The number of nitrogens with zero attached hydrogens (tertiary/aromatic N) is 1. The highest BCUT2D eigenvalue weighted by Gasteiger charge is 2.09. The summed E-state index contributed by atoms with van der Waals surface area (Å²) in [6.07, 6.45) is 0.177. The van der Waals surface area contributed by atoms with Crippen molar-refractivity contribution in [3.05, 3.63) is 58.7 Å². The standard InChI is InChI=1S/C16H12ClFN2O2/c1-9-19-14-6-10(2-5-15(14)22-9)7-16(21)20-11-3-4-13(18)12(17)8-11/h2-6,8H,7H2,1H3,(H,20,21). The van der Waals surface area contributed by atoms with Crippen molar-refractivity contribution in [2.24, 2.45) is 0 Å². The fourth-order valence-corrected chi connectivity index (χ4v) is 2.34. The number of anilines is 1. The van der Waals surface area contributed by atoms with Crippen molar-refractivity contribution >= 4 is 34.3 Å². The molecule has 0 aliphatic heterocycles. The molecule has 0 atom stereocenters. The third-order valence-electron chi connectivity index (χ3n) is 3.13. The van der Waals surface area contributed by atoms with Gasteiger partial charge in [0.05, 0.1) is 11.4 Å². The van der Waals surface area contributed by atoms with Gasteiger partial charge in [0.2, 0.25) is 5.91 Å². The highest BCUT2D eigenvalue weighted by molar-refractivity contribution is 6.31. The number of carbonyl (C=O) groups is 1. The zero-order valence-electron chi connectivity index (χ0n) is 11.7. The highest BCUT2D eigenvalue weighted by Crippen LogP contribution is 2.20. The first kappa shape index (κ1) is 14.5. The summed E-state index contributed by atoms with van der Waals surface area (Å²) in [5.41, 5.74) is 2.67. The molecule has 0 saturated carbocycles. The molecule has 0 aliphatic rings. The number of oxazole rings is 1. The van der Waals surface area contributed by atoms with Gasteiger partial charge < -0.3 is 9.73 Å². The van der Waals surface area contributed by atoms with Gasteiger partial charge in [-0.2, -0.15) is 0 Å². The Balaban J connectivity index is 1.73. The minimum atomic E-state index is -0.522. The molecule has 6 heteroatoms. The lowest BCUT2D eigenvalue weighted by Gasteiger charge is -2.06. The van der Waals surface area contributed by atoms with E-state index in [1.54, 1.807) is 13.0 Å². The van der Waals surface area contributed by atoms with Gasteiger partial charge in [-0.3, -0.25) is 4.79 Å². The Hall–Kier alpha value is -2.40. The second kappa shape index (κ2) is 5.77. The van der Waals surface area contributed by atoms with Gasteiger partial charge in [0, 0.05) is 12.6 Å². The molecule has 1 N–H and O–H groups in total. The molecule has 1 heterocycles. The second-order valence-corrected chi connectivity index (χ2v) is 5.30. The average molecular weight is 319 g/mol. The average Bonchev–Trinajstić information content (AvgIpc) is 2.82. The molecular weight excluding hydrogens is 307 g/mol. The van der Waals surface area contributed by atoms with Gasteiger partial charge >= 0.3 is 0 Å². The van der Waals surface area contributed by atoms with Crippen molar-refractivity contribution in [1.82, 2.24) is 4.98 Å². The van der Waals surface area contributed by atoms with E-state index in [-0.39, 0.29) is 17.4 Å². The van der Waals surface area contributed by atoms with Crippen molar-refractivity contribution in [1.29, 1.82) is 0 Å². The van der Waals surface area contributed by atoms with Crippen LogP contribution in [0.5, 0.6) is 0 Å². The molecule has 1 aromatic heterocycles. The van der Waals surface area contributed by atoms with Crippen LogP contribution in [-0.4, -0.2) is 10.9 Å². The molecule has 1 amide bonds. The van der Waals surface area contributed by atoms with Gasteiger partial charge in [-0.1, -0.05) is 17.7 Å². The quantitative estimate of drug-likeness (QED) is 0.790. The Labute approximate surface area is 130 Å². The number of hydrogen-bond acceptors (Lipinski definition) is 3. The molecule has 2 aromatic carbocycles. The lowest BCUT2D eigenvalue weighted by atomic mass is 10.1. The monoisotopic (exact) mass is 318 g/mol. The number of fused-ring (bicyclic) bond motifs is 1. The Morgan fingerprint density at radius 2 is 2.14 bits per heavy atom. The molecule has 3 rings (SSSR count). The molecule has 0 saturated heterocycles. The van der Waals surface area contributed by atoms with Crippen molar-refractivity contribution in [2.75, 3.05) is 5.32 Å². The van der Waals surface area contributed by atoms with Crippen LogP contribution in [0.4, 0.5) is 10.1 Å². The van der Waals surface area contributed by atoms with E-state index in [0.29, 0.717) is 22.7 Å². The number of halogens is 2. The minimum Gasteiger partial charge on any atom is -0.441 e. The van der Waals surface area contributed by atoms with Crippen molar-refractivity contribution in [3.8, 4) is 0 Å². The second-order valence-electron chi connectivity index (χ2n) is 4.89. The van der Waals surface area contributed by atoms with Crippen LogP contribution in [-0.2, 0) is 11.2 Å². The number of amides is 1. The Kier molecular flexibility index (Phi) is 3.81. The molecule has 0 aliphatic carbocycles. The van der Waals surface area contributed by atoms with Crippen molar-refractivity contribution < 1.29 is 13.6 Å². The third kappa shape index (κ3) is 3.09. The minimum absolute atomic E-state index is 0.0303. The topological polar surface area (TPSA) is 55.1 Å². The van der Waals surface area contributed by atoms with Crippen LogP contribution in [0.2, 0.25) is 5.02 Å². The first-order valence-corrected chi connectivity index (χ1v) is 7.00. The summed E-state index contributed by atoms with van der Waals surface area (Å²) in [5.74, 6) is -0.161. The predicted octanol–water partition coefficient (Wildman–Crippen LogP) is 4.11. The van der Waals surface area contributed by atoms with E-state index in [2.05, 4.69) is 10.3 Å². The molecule has 0 unspecified atom stereocenters. The van der Waals surface area contributed by atoms with Gasteiger partial charge in [0.25, 0.3) is 0 Å². The van der Waals surface area contributed by atoms with E-state index in [1.807, 2.05) is 12.1 Å². The van der Waals surface area contributed by atoms with Gasteiger partial charge in [0.15, 0.2) is 11.5 Å². The predicted molar refractivity (Wildman–Crippen MR) is 82.5 cm³/mol. The number of rotatable bonds is 3. The van der Waals surface area contributed by atoms with Crippen LogP contribution in [0.15, 0.2) is 40.8 Å². The van der Waals surface area contributed by atoms with E-state index in [0.717, 1.165) is 5.56 Å². The van der Waals surface area contributed by atoms with Crippen LogP contribution >= 0.6 is 11.6 Å². The van der Waals surface area contributed by atoms with Crippen LogP contribution in [0.1, 0.15) is 11.5 Å². The summed E-state index contributed by atoms with van der Waals surface area (Å²) in [5, 5.41) is 2.65. The molecule has 22 heavy (non-hydrogen) atoms. The number of aryl methyl sites for hydroxylation is 1. The number of nitrogens with one attached hydrogen (secondary N) is 1. The fraction of sp³-hybridized carbons (Fsp3) is 0.125. The van der Waals surface area contributed by atoms with Gasteiger partial charge in [0.1, 0.15) is 11.3 Å². The Morgan fingerprint density at radius 1 is 1.32 bits per heavy atom. The molecule has 112 valence electrons.